The van der Waals surface area contributed by atoms with Crippen LogP contribution in [0, 0.1) is 13.8 Å². The summed E-state index contributed by atoms with van der Waals surface area (Å²) < 4.78 is 3.95. The van der Waals surface area contributed by atoms with Crippen molar-refractivity contribution in [2.24, 2.45) is 7.05 Å². The van der Waals surface area contributed by atoms with Gasteiger partial charge < -0.3 is 9.99 Å². The van der Waals surface area contributed by atoms with Crippen molar-refractivity contribution in [2.75, 3.05) is 5.43 Å². The molecule has 0 saturated heterocycles. The summed E-state index contributed by atoms with van der Waals surface area (Å²) in [7, 11) is 1.94. The van der Waals surface area contributed by atoms with Gasteiger partial charge in [-0.1, -0.05) is 0 Å². The van der Waals surface area contributed by atoms with E-state index in [4.69, 9.17) is 0 Å². The Hall–Kier alpha value is -1.78. The molecule has 80 valence electrons. The van der Waals surface area contributed by atoms with E-state index in [0.717, 1.165) is 5.82 Å². The first-order chi connectivity index (χ1) is 7.18. The van der Waals surface area contributed by atoms with Gasteiger partial charge in [-0.05, 0) is 26.0 Å². The number of hydrogen-bond acceptors (Lipinski definition) is 3. The summed E-state index contributed by atoms with van der Waals surface area (Å²) in [4.78, 5) is 0. The minimum atomic E-state index is 0.673. The number of rotatable bonds is 3. The lowest BCUT2D eigenvalue weighted by molar-refractivity contribution is 0.728. The smallest absolute Gasteiger partial charge is 0.153 e. The molecule has 0 bridgehead atoms. The predicted octanol–water partition coefficient (Wildman–Crippen LogP) is 0.977. The van der Waals surface area contributed by atoms with E-state index in [1.165, 1.54) is 11.4 Å². The summed E-state index contributed by atoms with van der Waals surface area (Å²) in [6.07, 6.45) is 1.70. The van der Waals surface area contributed by atoms with Gasteiger partial charge >= 0.3 is 0 Å². The van der Waals surface area contributed by atoms with Crippen molar-refractivity contribution in [1.82, 2.24) is 19.4 Å². The number of nitrogens with zero attached hydrogens (tertiary/aromatic N) is 4. The number of aryl methyl sites for hydroxylation is 3. The van der Waals surface area contributed by atoms with Crippen LogP contribution in [0.2, 0.25) is 0 Å². The Kier molecular flexibility index (Phi) is 2.45. The minimum absolute atomic E-state index is 0.673. The number of hydrogen-bond donors (Lipinski definition) is 1. The molecule has 0 saturated carbocycles. The minimum Gasteiger partial charge on any atom is -0.319 e. The quantitative estimate of drug-likeness (QED) is 0.812. The third-order valence-electron chi connectivity index (χ3n) is 2.47. The van der Waals surface area contributed by atoms with Crippen molar-refractivity contribution < 1.29 is 0 Å². The first kappa shape index (κ1) is 9.76. The number of aromatic nitrogens is 4. The van der Waals surface area contributed by atoms with Gasteiger partial charge in [-0.25, -0.2) is 0 Å². The standard InChI is InChI=1S/C10H15N5/c1-8-4-5-9(2)15(8)12-6-10-13-11-7-14(10)3/h4-5,7,12H,6H2,1-3H3. The topological polar surface area (TPSA) is 47.7 Å². The molecule has 2 aromatic rings. The SMILES string of the molecule is Cc1ccc(C)n1NCc1nncn1C. The van der Waals surface area contributed by atoms with Crippen LogP contribution in [0.3, 0.4) is 0 Å². The van der Waals surface area contributed by atoms with Crippen LogP contribution in [0.1, 0.15) is 17.2 Å². The highest BCUT2D eigenvalue weighted by atomic mass is 15.4. The summed E-state index contributed by atoms with van der Waals surface area (Å²) in [6.45, 7) is 4.81. The van der Waals surface area contributed by atoms with Crippen LogP contribution >= 0.6 is 0 Å². The Labute approximate surface area is 88.7 Å². The average Bonchev–Trinajstić information content (AvgIpc) is 2.73. The lowest BCUT2D eigenvalue weighted by Crippen LogP contribution is -2.18. The molecule has 0 aliphatic rings. The van der Waals surface area contributed by atoms with Crippen molar-refractivity contribution in [2.45, 2.75) is 20.4 Å². The Morgan fingerprint density at radius 3 is 2.47 bits per heavy atom. The molecule has 5 nitrogen and oxygen atoms in total. The molecule has 0 aliphatic carbocycles. The Balaban J connectivity index is 2.08. The van der Waals surface area contributed by atoms with Crippen molar-refractivity contribution in [3.8, 4) is 0 Å². The van der Waals surface area contributed by atoms with Crippen LogP contribution in [0.4, 0.5) is 0 Å². The second-order valence-corrected chi connectivity index (χ2v) is 3.64. The van der Waals surface area contributed by atoms with E-state index in [9.17, 15) is 0 Å². The van der Waals surface area contributed by atoms with Gasteiger partial charge in [0.25, 0.3) is 0 Å². The monoisotopic (exact) mass is 205 g/mol. The van der Waals surface area contributed by atoms with E-state index < -0.39 is 0 Å². The molecule has 5 heteroatoms. The molecule has 0 atom stereocenters. The van der Waals surface area contributed by atoms with Gasteiger partial charge in [0.15, 0.2) is 5.82 Å². The van der Waals surface area contributed by atoms with E-state index in [0.29, 0.717) is 6.54 Å². The van der Waals surface area contributed by atoms with Crippen LogP contribution in [0.25, 0.3) is 0 Å². The third-order valence-corrected chi connectivity index (χ3v) is 2.47. The third kappa shape index (κ3) is 1.86. The molecule has 15 heavy (non-hydrogen) atoms. The summed E-state index contributed by atoms with van der Waals surface area (Å²) >= 11 is 0. The maximum atomic E-state index is 4.01. The van der Waals surface area contributed by atoms with E-state index in [1.54, 1.807) is 6.33 Å². The van der Waals surface area contributed by atoms with Crippen molar-refractivity contribution in [3.05, 3.63) is 35.7 Å². The highest BCUT2D eigenvalue weighted by molar-refractivity contribution is 5.15. The molecule has 1 N–H and O–H groups in total. The Morgan fingerprint density at radius 1 is 1.27 bits per heavy atom. The fraction of sp³-hybridized carbons (Fsp3) is 0.400. The predicted molar refractivity (Wildman–Crippen MR) is 58.0 cm³/mol. The molecule has 0 fully saturated rings. The van der Waals surface area contributed by atoms with E-state index in [2.05, 4.69) is 46.3 Å². The Morgan fingerprint density at radius 2 is 1.93 bits per heavy atom. The summed E-state index contributed by atoms with van der Waals surface area (Å²) in [6, 6.07) is 4.16. The molecule has 0 aliphatic heterocycles. The van der Waals surface area contributed by atoms with Crippen LogP contribution in [0.15, 0.2) is 18.5 Å². The molecule has 0 amide bonds. The van der Waals surface area contributed by atoms with E-state index in [-0.39, 0.29) is 0 Å². The fourth-order valence-corrected chi connectivity index (χ4v) is 1.53. The molecular formula is C10H15N5. The number of nitrogens with one attached hydrogen (secondary N) is 1. The van der Waals surface area contributed by atoms with Crippen LogP contribution < -0.4 is 5.43 Å². The van der Waals surface area contributed by atoms with Gasteiger partial charge in [-0.3, -0.25) is 4.68 Å². The van der Waals surface area contributed by atoms with Crippen LogP contribution in [-0.4, -0.2) is 19.4 Å². The zero-order valence-electron chi connectivity index (χ0n) is 9.23. The molecule has 2 heterocycles. The van der Waals surface area contributed by atoms with Gasteiger partial charge in [0.2, 0.25) is 0 Å². The summed E-state index contributed by atoms with van der Waals surface area (Å²) in [5.41, 5.74) is 5.68. The van der Waals surface area contributed by atoms with E-state index >= 15 is 0 Å². The fourth-order valence-electron chi connectivity index (χ4n) is 1.53. The van der Waals surface area contributed by atoms with Gasteiger partial charge in [-0.15, -0.1) is 10.2 Å². The second kappa shape index (κ2) is 3.76. The largest absolute Gasteiger partial charge is 0.319 e. The second-order valence-electron chi connectivity index (χ2n) is 3.64. The lowest BCUT2D eigenvalue weighted by Gasteiger charge is -2.11. The summed E-state index contributed by atoms with van der Waals surface area (Å²) in [5.74, 6) is 0.919. The maximum Gasteiger partial charge on any atom is 0.153 e. The van der Waals surface area contributed by atoms with Crippen molar-refractivity contribution >= 4 is 0 Å². The van der Waals surface area contributed by atoms with Crippen molar-refractivity contribution in [3.63, 3.8) is 0 Å². The maximum absolute atomic E-state index is 4.01. The molecule has 0 radical (unpaired) electrons. The molecule has 0 aromatic carbocycles. The van der Waals surface area contributed by atoms with Crippen molar-refractivity contribution in [1.29, 1.82) is 0 Å². The zero-order chi connectivity index (χ0) is 10.8. The molecule has 2 aromatic heterocycles. The Bertz CT molecular complexity index is 435. The average molecular weight is 205 g/mol. The zero-order valence-corrected chi connectivity index (χ0v) is 9.23. The normalized spacial score (nSPS) is 10.6. The molecule has 0 unspecified atom stereocenters. The highest BCUT2D eigenvalue weighted by Gasteiger charge is 2.02. The van der Waals surface area contributed by atoms with Gasteiger partial charge in [0.1, 0.15) is 6.33 Å². The van der Waals surface area contributed by atoms with E-state index in [1.807, 2.05) is 11.6 Å². The van der Waals surface area contributed by atoms with Gasteiger partial charge in [-0.2, -0.15) is 0 Å². The summed E-state index contributed by atoms with van der Waals surface area (Å²) in [5, 5.41) is 7.84. The molecular weight excluding hydrogens is 190 g/mol. The van der Waals surface area contributed by atoms with Gasteiger partial charge in [0, 0.05) is 18.4 Å². The first-order valence-electron chi connectivity index (χ1n) is 4.90. The molecule has 0 spiro atoms. The highest BCUT2D eigenvalue weighted by Crippen LogP contribution is 2.04. The first-order valence-corrected chi connectivity index (χ1v) is 4.90. The lowest BCUT2D eigenvalue weighted by atomic mass is 10.5. The van der Waals surface area contributed by atoms with Crippen LogP contribution in [0.5, 0.6) is 0 Å². The van der Waals surface area contributed by atoms with Gasteiger partial charge in [0.05, 0.1) is 6.54 Å². The molecule has 2 rings (SSSR count). The van der Waals surface area contributed by atoms with Crippen LogP contribution in [-0.2, 0) is 13.6 Å².